The predicted molar refractivity (Wildman–Crippen MR) is 56.1 cm³/mol. The topological polar surface area (TPSA) is 83.1 Å². The van der Waals surface area contributed by atoms with Gasteiger partial charge < -0.3 is 20.0 Å². The maximum Gasteiger partial charge on any atom is 0.355 e. The summed E-state index contributed by atoms with van der Waals surface area (Å²) in [6, 6.07) is 0. The number of hydrogen-bond acceptors (Lipinski definition) is 6. The van der Waals surface area contributed by atoms with E-state index < -0.39 is 11.6 Å². The van der Waals surface area contributed by atoms with E-state index in [-0.39, 0.29) is 25.6 Å². The summed E-state index contributed by atoms with van der Waals surface area (Å²) in [5.74, 6) is -0.494. The molecule has 15 heavy (non-hydrogen) atoms. The molecule has 0 bridgehead atoms. The molecule has 1 atom stereocenters. The van der Waals surface area contributed by atoms with Crippen molar-refractivity contribution in [3.63, 3.8) is 0 Å². The van der Waals surface area contributed by atoms with Crippen LogP contribution in [0.15, 0.2) is 5.16 Å². The Morgan fingerprint density at radius 3 is 2.73 bits per heavy atom. The molecule has 6 nitrogen and oxygen atoms in total. The first kappa shape index (κ1) is 14.2. The van der Waals surface area contributed by atoms with Gasteiger partial charge in [0, 0.05) is 20.1 Å². The molecule has 0 radical (unpaired) electrons. The van der Waals surface area contributed by atoms with Gasteiger partial charge in [0.25, 0.3) is 5.60 Å². The average molecular weight is 239 g/mol. The normalized spacial score (nSPS) is 23.8. The molecule has 0 aliphatic carbocycles. The van der Waals surface area contributed by atoms with Crippen LogP contribution in [-0.4, -0.2) is 44.7 Å². The van der Waals surface area contributed by atoms with Crippen LogP contribution >= 0.6 is 12.4 Å². The summed E-state index contributed by atoms with van der Waals surface area (Å²) in [4.78, 5) is 16.5. The number of nitrogens with zero attached hydrogens (tertiary/aromatic N) is 1. The molecule has 0 saturated heterocycles. The van der Waals surface area contributed by atoms with Gasteiger partial charge in [-0.25, -0.2) is 4.79 Å². The Hall–Kier alpha value is -0.850. The van der Waals surface area contributed by atoms with Crippen molar-refractivity contribution in [3.8, 4) is 0 Å². The monoisotopic (exact) mass is 238 g/mol. The lowest BCUT2D eigenvalue weighted by Gasteiger charge is -2.22. The van der Waals surface area contributed by atoms with Crippen molar-refractivity contribution in [2.45, 2.75) is 12.0 Å². The van der Waals surface area contributed by atoms with Crippen LogP contribution in [-0.2, 0) is 19.1 Å². The number of halogens is 1. The molecule has 7 heteroatoms. The van der Waals surface area contributed by atoms with E-state index in [1.165, 1.54) is 14.2 Å². The quantitative estimate of drug-likeness (QED) is 0.680. The van der Waals surface area contributed by atoms with E-state index in [9.17, 15) is 4.79 Å². The predicted octanol–water partition coefficient (Wildman–Crippen LogP) is -0.299. The molecule has 1 rings (SSSR count). The number of carbonyl (C=O) groups is 1. The number of ether oxygens (including phenoxy) is 2. The molecule has 0 saturated carbocycles. The van der Waals surface area contributed by atoms with Crippen molar-refractivity contribution in [2.24, 2.45) is 10.9 Å². The molecular formula is C8H15ClN2O4. The summed E-state index contributed by atoms with van der Waals surface area (Å²) >= 11 is 0. The minimum atomic E-state index is -1.14. The fourth-order valence-corrected chi connectivity index (χ4v) is 1.32. The Balaban J connectivity index is 0.00000196. The lowest BCUT2D eigenvalue weighted by molar-refractivity contribution is -0.172. The second kappa shape index (κ2) is 5.89. The molecule has 0 fully saturated rings. The molecule has 1 unspecified atom stereocenters. The number of esters is 1. The van der Waals surface area contributed by atoms with Crippen LogP contribution in [0.3, 0.4) is 0 Å². The third-order valence-corrected chi connectivity index (χ3v) is 2.01. The average Bonchev–Trinajstić information content (AvgIpc) is 2.62. The number of oxime groups is 1. The van der Waals surface area contributed by atoms with E-state index >= 15 is 0 Å². The summed E-state index contributed by atoms with van der Waals surface area (Å²) in [5, 5.41) is 3.71. The van der Waals surface area contributed by atoms with Gasteiger partial charge in [-0.2, -0.15) is 0 Å². The maximum absolute atomic E-state index is 11.4. The Morgan fingerprint density at radius 2 is 2.33 bits per heavy atom. The van der Waals surface area contributed by atoms with E-state index in [4.69, 9.17) is 15.3 Å². The lowest BCUT2D eigenvalue weighted by atomic mass is 9.98. The number of rotatable bonds is 4. The van der Waals surface area contributed by atoms with Crippen LogP contribution in [0, 0.1) is 0 Å². The minimum absolute atomic E-state index is 0. The minimum Gasteiger partial charge on any atom is -0.466 e. The highest BCUT2D eigenvalue weighted by molar-refractivity contribution is 5.94. The fourth-order valence-electron chi connectivity index (χ4n) is 1.32. The lowest BCUT2D eigenvalue weighted by Crippen LogP contribution is -2.44. The van der Waals surface area contributed by atoms with Gasteiger partial charge in [0.15, 0.2) is 0 Å². The van der Waals surface area contributed by atoms with Crippen LogP contribution in [0.5, 0.6) is 0 Å². The van der Waals surface area contributed by atoms with E-state index in [0.29, 0.717) is 12.1 Å². The fraction of sp³-hybridized carbons (Fsp3) is 0.750. The molecule has 1 aliphatic rings. The van der Waals surface area contributed by atoms with Crippen molar-refractivity contribution in [1.29, 1.82) is 0 Å². The zero-order valence-electron chi connectivity index (χ0n) is 8.69. The Bertz CT molecular complexity index is 259. The first-order valence-electron chi connectivity index (χ1n) is 4.20. The summed E-state index contributed by atoms with van der Waals surface area (Å²) < 4.78 is 9.53. The Labute approximate surface area is 94.1 Å². The molecule has 0 amide bonds. The Morgan fingerprint density at radius 1 is 1.67 bits per heavy atom. The van der Waals surface area contributed by atoms with Crippen molar-refractivity contribution in [2.75, 3.05) is 27.4 Å². The molecule has 1 aliphatic heterocycles. The number of nitrogens with two attached hydrogens (primary N) is 1. The van der Waals surface area contributed by atoms with Gasteiger partial charge in [0.05, 0.1) is 12.8 Å². The van der Waals surface area contributed by atoms with Gasteiger partial charge in [-0.15, -0.1) is 12.4 Å². The number of carbonyl (C=O) groups excluding carboxylic acids is 1. The summed E-state index contributed by atoms with van der Waals surface area (Å²) in [6.45, 7) is 0.370. The van der Waals surface area contributed by atoms with Crippen molar-refractivity contribution < 1.29 is 19.1 Å². The molecular weight excluding hydrogens is 224 g/mol. The largest absolute Gasteiger partial charge is 0.466 e. The van der Waals surface area contributed by atoms with Crippen molar-refractivity contribution in [3.05, 3.63) is 0 Å². The van der Waals surface area contributed by atoms with Gasteiger partial charge >= 0.3 is 5.97 Å². The third kappa shape index (κ3) is 2.80. The van der Waals surface area contributed by atoms with Crippen LogP contribution in [0.2, 0.25) is 0 Å². The molecule has 0 aromatic carbocycles. The first-order chi connectivity index (χ1) is 6.68. The molecule has 0 aromatic rings. The van der Waals surface area contributed by atoms with Crippen molar-refractivity contribution >= 4 is 24.1 Å². The van der Waals surface area contributed by atoms with Crippen molar-refractivity contribution in [1.82, 2.24) is 0 Å². The first-order valence-corrected chi connectivity index (χ1v) is 4.20. The number of hydrogen-bond donors (Lipinski definition) is 1. The second-order valence-corrected chi connectivity index (χ2v) is 3.05. The highest BCUT2D eigenvalue weighted by atomic mass is 35.5. The summed E-state index contributed by atoms with van der Waals surface area (Å²) in [5.41, 5.74) is 4.88. The van der Waals surface area contributed by atoms with Crippen LogP contribution < -0.4 is 5.73 Å². The van der Waals surface area contributed by atoms with Gasteiger partial charge in [-0.05, 0) is 0 Å². The van der Waals surface area contributed by atoms with Gasteiger partial charge in [0.2, 0.25) is 0 Å². The smallest absolute Gasteiger partial charge is 0.355 e. The van der Waals surface area contributed by atoms with E-state index in [1.807, 2.05) is 0 Å². The second-order valence-electron chi connectivity index (χ2n) is 3.05. The van der Waals surface area contributed by atoms with Gasteiger partial charge in [-0.3, -0.25) is 0 Å². The summed E-state index contributed by atoms with van der Waals surface area (Å²) in [6.07, 6.45) is 0.323. The third-order valence-electron chi connectivity index (χ3n) is 2.01. The molecule has 2 N–H and O–H groups in total. The highest BCUT2D eigenvalue weighted by Gasteiger charge is 2.47. The standard InChI is InChI=1S/C8H14N2O4.ClH/c1-12-5-8(7(11)13-2)3-6(4-9)10-14-8;/h3-5,9H2,1-2H3;1H. The van der Waals surface area contributed by atoms with Crippen LogP contribution in [0.25, 0.3) is 0 Å². The molecule has 88 valence electrons. The van der Waals surface area contributed by atoms with Gasteiger partial charge in [0.1, 0.15) is 6.61 Å². The molecule has 0 spiro atoms. The maximum atomic E-state index is 11.4. The zero-order valence-corrected chi connectivity index (χ0v) is 9.50. The highest BCUT2D eigenvalue weighted by Crippen LogP contribution is 2.25. The molecule has 0 aromatic heterocycles. The molecule has 1 heterocycles. The SMILES string of the molecule is COCC1(C(=O)OC)CC(CN)=NO1.Cl. The van der Waals surface area contributed by atoms with E-state index in [2.05, 4.69) is 9.89 Å². The van der Waals surface area contributed by atoms with Gasteiger partial charge in [-0.1, -0.05) is 5.16 Å². The summed E-state index contributed by atoms with van der Waals surface area (Å²) in [7, 11) is 2.78. The number of methoxy groups -OCH3 is 2. The van der Waals surface area contributed by atoms with Crippen LogP contribution in [0.1, 0.15) is 6.42 Å². The van der Waals surface area contributed by atoms with Crippen LogP contribution in [0.4, 0.5) is 0 Å². The van der Waals surface area contributed by atoms with E-state index in [1.54, 1.807) is 0 Å². The van der Waals surface area contributed by atoms with E-state index in [0.717, 1.165) is 0 Å². The Kier molecular flexibility index (Phi) is 5.56. The zero-order chi connectivity index (χ0) is 10.6.